The lowest BCUT2D eigenvalue weighted by molar-refractivity contribution is -0.135. The van der Waals surface area contributed by atoms with E-state index in [4.69, 9.17) is 0 Å². The molecule has 0 radical (unpaired) electrons. The number of hydrogen-bond donors (Lipinski definition) is 0. The van der Waals surface area contributed by atoms with Crippen molar-refractivity contribution in [2.45, 2.75) is 25.4 Å². The fraction of sp³-hybridized carbons (Fsp3) is 0.179. The zero-order chi connectivity index (χ0) is 21.3. The Balaban J connectivity index is 1.59. The predicted octanol–water partition coefficient (Wildman–Crippen LogP) is 5.54. The van der Waals surface area contributed by atoms with E-state index in [-0.39, 0.29) is 11.9 Å². The summed E-state index contributed by atoms with van der Waals surface area (Å²) in [6, 6.07) is 34.6. The smallest absolute Gasteiger partial charge is 0.246 e. The molecule has 3 nitrogen and oxygen atoms in total. The van der Waals surface area contributed by atoms with Gasteiger partial charge < -0.3 is 9.47 Å². The molecule has 1 atom stereocenters. The third kappa shape index (κ3) is 5.73. The molecule has 0 unspecified atom stereocenters. The van der Waals surface area contributed by atoms with E-state index in [0.717, 1.165) is 17.5 Å². The van der Waals surface area contributed by atoms with Crippen LogP contribution in [0.2, 0.25) is 0 Å². The van der Waals surface area contributed by atoms with Gasteiger partial charge >= 0.3 is 0 Å². The summed E-state index contributed by atoms with van der Waals surface area (Å²) in [6.45, 7) is 1.30. The molecule has 31 heavy (non-hydrogen) atoms. The molecule has 3 heteroatoms. The van der Waals surface area contributed by atoms with Crippen molar-refractivity contribution < 1.29 is 4.79 Å². The highest BCUT2D eigenvalue weighted by Crippen LogP contribution is 2.20. The van der Waals surface area contributed by atoms with Crippen molar-refractivity contribution in [2.24, 2.45) is 0 Å². The molecule has 0 fully saturated rings. The van der Waals surface area contributed by atoms with Gasteiger partial charge in [-0.15, -0.1) is 0 Å². The number of carbonyl (C=O) groups excluding carboxylic acids is 1. The summed E-state index contributed by atoms with van der Waals surface area (Å²) in [5.41, 5.74) is 3.56. The van der Waals surface area contributed by atoms with Gasteiger partial charge in [0, 0.05) is 31.9 Å². The van der Waals surface area contributed by atoms with Crippen LogP contribution in [0.1, 0.15) is 22.7 Å². The zero-order valence-electron chi connectivity index (χ0n) is 17.7. The van der Waals surface area contributed by atoms with Crippen LogP contribution < -0.4 is 0 Å². The third-order valence-corrected chi connectivity index (χ3v) is 5.59. The van der Waals surface area contributed by atoms with Crippen LogP contribution in [0, 0.1) is 0 Å². The molecule has 0 saturated heterocycles. The number of nitrogens with zero attached hydrogens (tertiary/aromatic N) is 2. The highest BCUT2D eigenvalue weighted by molar-refractivity contribution is 5.81. The van der Waals surface area contributed by atoms with Gasteiger partial charge in [-0.05, 0) is 35.2 Å². The van der Waals surface area contributed by atoms with Crippen LogP contribution in [0.4, 0.5) is 0 Å². The van der Waals surface area contributed by atoms with Gasteiger partial charge in [0.1, 0.15) is 6.04 Å². The lowest BCUT2D eigenvalue weighted by atomic mass is 10.0. The van der Waals surface area contributed by atoms with Crippen molar-refractivity contribution in [1.29, 1.82) is 0 Å². The molecule has 4 rings (SSSR count). The normalized spacial score (nSPS) is 11.7. The number of amides is 1. The van der Waals surface area contributed by atoms with Gasteiger partial charge in [0.2, 0.25) is 5.91 Å². The maximum absolute atomic E-state index is 13.9. The van der Waals surface area contributed by atoms with Crippen LogP contribution in [-0.4, -0.2) is 21.9 Å². The van der Waals surface area contributed by atoms with E-state index in [1.54, 1.807) is 0 Å². The maximum Gasteiger partial charge on any atom is 0.246 e. The largest absolute Gasteiger partial charge is 0.342 e. The van der Waals surface area contributed by atoms with Crippen LogP contribution in [0.5, 0.6) is 0 Å². The fourth-order valence-corrected chi connectivity index (χ4v) is 3.90. The van der Waals surface area contributed by atoms with E-state index in [1.165, 1.54) is 5.56 Å². The molecule has 0 aliphatic rings. The van der Waals surface area contributed by atoms with Gasteiger partial charge in [-0.3, -0.25) is 4.79 Å². The summed E-state index contributed by atoms with van der Waals surface area (Å²) in [6.07, 6.45) is 5.49. The molecule has 1 amide bonds. The minimum atomic E-state index is -0.267. The first-order valence-electron chi connectivity index (χ1n) is 10.8. The minimum absolute atomic E-state index is 0.153. The van der Waals surface area contributed by atoms with Crippen LogP contribution in [-0.2, 0) is 24.2 Å². The van der Waals surface area contributed by atoms with Crippen LogP contribution in [0.15, 0.2) is 116 Å². The summed E-state index contributed by atoms with van der Waals surface area (Å²) >= 11 is 0. The first-order chi connectivity index (χ1) is 15.3. The van der Waals surface area contributed by atoms with E-state index in [1.807, 2.05) is 76.5 Å². The third-order valence-electron chi connectivity index (χ3n) is 5.59. The van der Waals surface area contributed by atoms with E-state index in [9.17, 15) is 4.79 Å². The second-order valence-corrected chi connectivity index (χ2v) is 7.82. The fourth-order valence-electron chi connectivity index (χ4n) is 3.90. The molecule has 4 aromatic rings. The lowest BCUT2D eigenvalue weighted by Gasteiger charge is -2.29. The summed E-state index contributed by atoms with van der Waals surface area (Å²) in [4.78, 5) is 15.9. The van der Waals surface area contributed by atoms with Gasteiger partial charge in [0.25, 0.3) is 0 Å². The minimum Gasteiger partial charge on any atom is -0.342 e. The van der Waals surface area contributed by atoms with Gasteiger partial charge in [-0.2, -0.15) is 0 Å². The molecule has 0 aliphatic heterocycles. The van der Waals surface area contributed by atoms with Crippen molar-refractivity contribution in [1.82, 2.24) is 9.47 Å². The summed E-state index contributed by atoms with van der Waals surface area (Å²) in [7, 11) is 0. The Labute approximate surface area is 184 Å². The van der Waals surface area contributed by atoms with Gasteiger partial charge in [0.05, 0.1) is 0 Å². The van der Waals surface area contributed by atoms with Gasteiger partial charge in [-0.1, -0.05) is 91.0 Å². The molecule has 3 aromatic carbocycles. The van der Waals surface area contributed by atoms with Crippen LogP contribution in [0.3, 0.4) is 0 Å². The number of rotatable bonds is 9. The standard InChI is InChI=1S/C28H28N2O/c31-28(27(29-19-10-11-20-29)22-25-14-6-2-7-15-25)30(23-26-16-8-3-9-17-26)21-18-24-12-4-1-5-13-24/h1-17,19-20,27H,18,21-23H2/t27-/m0/s1. The van der Waals surface area contributed by atoms with Gasteiger partial charge in [-0.25, -0.2) is 0 Å². The molecule has 0 spiro atoms. The SMILES string of the molecule is O=C([C@H](Cc1ccccc1)n1cccc1)N(CCc1ccccc1)Cc1ccccc1. The zero-order valence-corrected chi connectivity index (χ0v) is 17.7. The number of carbonyl (C=O) groups is 1. The molecule has 156 valence electrons. The van der Waals surface area contributed by atoms with E-state index < -0.39 is 0 Å². The second-order valence-electron chi connectivity index (χ2n) is 7.82. The summed E-state index contributed by atoms with van der Waals surface area (Å²) < 4.78 is 2.04. The second kappa shape index (κ2) is 10.4. The molecule has 1 aromatic heterocycles. The quantitative estimate of drug-likeness (QED) is 0.357. The first kappa shape index (κ1) is 20.7. The highest BCUT2D eigenvalue weighted by Gasteiger charge is 2.26. The molecule has 0 N–H and O–H groups in total. The summed E-state index contributed by atoms with van der Waals surface area (Å²) in [5, 5.41) is 0. The number of aromatic nitrogens is 1. The van der Waals surface area contributed by atoms with Crippen molar-refractivity contribution in [3.8, 4) is 0 Å². The van der Waals surface area contributed by atoms with Gasteiger partial charge in [0.15, 0.2) is 0 Å². The predicted molar refractivity (Wildman–Crippen MR) is 126 cm³/mol. The monoisotopic (exact) mass is 408 g/mol. The van der Waals surface area contributed by atoms with E-state index >= 15 is 0 Å². The average Bonchev–Trinajstić information content (AvgIpc) is 3.36. The maximum atomic E-state index is 13.9. The topological polar surface area (TPSA) is 25.2 Å². The van der Waals surface area contributed by atoms with E-state index in [2.05, 4.69) is 48.5 Å². The molecule has 0 aliphatic carbocycles. The average molecular weight is 409 g/mol. The van der Waals surface area contributed by atoms with Crippen molar-refractivity contribution in [2.75, 3.05) is 6.54 Å². The highest BCUT2D eigenvalue weighted by atomic mass is 16.2. The lowest BCUT2D eigenvalue weighted by Crippen LogP contribution is -2.39. The molecular formula is C28H28N2O. The molecular weight excluding hydrogens is 380 g/mol. The molecule has 1 heterocycles. The van der Waals surface area contributed by atoms with Crippen molar-refractivity contribution in [3.05, 3.63) is 132 Å². The first-order valence-corrected chi connectivity index (χ1v) is 10.8. The molecule has 0 bridgehead atoms. The number of hydrogen-bond acceptors (Lipinski definition) is 1. The van der Waals surface area contributed by atoms with Crippen molar-refractivity contribution >= 4 is 5.91 Å². The number of benzene rings is 3. The Kier molecular flexibility index (Phi) is 6.96. The van der Waals surface area contributed by atoms with Crippen molar-refractivity contribution in [3.63, 3.8) is 0 Å². The van der Waals surface area contributed by atoms with Crippen LogP contribution >= 0.6 is 0 Å². The Morgan fingerprint density at radius 1 is 0.677 bits per heavy atom. The Hall–Kier alpha value is -3.59. The molecule has 0 saturated carbocycles. The Morgan fingerprint density at radius 3 is 1.77 bits per heavy atom. The Morgan fingerprint density at radius 2 is 1.19 bits per heavy atom. The van der Waals surface area contributed by atoms with Crippen LogP contribution in [0.25, 0.3) is 0 Å². The van der Waals surface area contributed by atoms with E-state index in [0.29, 0.717) is 19.5 Å². The summed E-state index contributed by atoms with van der Waals surface area (Å²) in [5.74, 6) is 0.153. The Bertz CT molecular complexity index is 1040.